The molecule has 0 N–H and O–H groups in total. The van der Waals surface area contributed by atoms with Crippen molar-refractivity contribution in [3.8, 4) is 10.6 Å². The summed E-state index contributed by atoms with van der Waals surface area (Å²) < 4.78 is 38.1. The van der Waals surface area contributed by atoms with Gasteiger partial charge in [0.25, 0.3) is 5.69 Å². The molecule has 0 saturated carbocycles. The summed E-state index contributed by atoms with van der Waals surface area (Å²) in [6.07, 6.45) is -4.40. The van der Waals surface area contributed by atoms with Crippen molar-refractivity contribution in [1.29, 1.82) is 0 Å². The number of halogens is 3. The summed E-state index contributed by atoms with van der Waals surface area (Å²) in [5, 5.41) is 13.2. The van der Waals surface area contributed by atoms with Crippen LogP contribution in [0.15, 0.2) is 53.9 Å². The molecule has 1 aromatic heterocycles. The Kier molecular flexibility index (Phi) is 6.40. The number of carbonyl (C=O) groups is 1. The number of alkyl halides is 3. The average molecular weight is 449 g/mol. The predicted molar refractivity (Wildman–Crippen MR) is 111 cm³/mol. The van der Waals surface area contributed by atoms with Crippen LogP contribution in [0, 0.1) is 10.1 Å². The molecule has 0 radical (unpaired) electrons. The van der Waals surface area contributed by atoms with Crippen LogP contribution in [0.1, 0.15) is 29.8 Å². The Morgan fingerprint density at radius 2 is 1.90 bits per heavy atom. The normalized spacial score (nSPS) is 12.4. The van der Waals surface area contributed by atoms with Gasteiger partial charge in [-0.25, -0.2) is 4.98 Å². The van der Waals surface area contributed by atoms with Crippen molar-refractivity contribution < 1.29 is 22.9 Å². The van der Waals surface area contributed by atoms with Crippen molar-refractivity contribution in [1.82, 2.24) is 9.88 Å². The highest BCUT2D eigenvalue weighted by molar-refractivity contribution is 7.13. The van der Waals surface area contributed by atoms with Crippen LogP contribution in [0.2, 0.25) is 0 Å². The van der Waals surface area contributed by atoms with Gasteiger partial charge in [-0.1, -0.05) is 24.3 Å². The van der Waals surface area contributed by atoms with Gasteiger partial charge in [0.1, 0.15) is 5.01 Å². The van der Waals surface area contributed by atoms with Crippen LogP contribution < -0.4 is 0 Å². The fourth-order valence-electron chi connectivity index (χ4n) is 2.94. The zero-order valence-electron chi connectivity index (χ0n) is 16.6. The summed E-state index contributed by atoms with van der Waals surface area (Å²) in [7, 11) is 1.61. The largest absolute Gasteiger partial charge is 0.416 e. The molecule has 1 unspecified atom stereocenters. The van der Waals surface area contributed by atoms with Gasteiger partial charge < -0.3 is 4.90 Å². The number of aromatic nitrogens is 1. The molecule has 10 heteroatoms. The van der Waals surface area contributed by atoms with Crippen LogP contribution in [0.4, 0.5) is 18.9 Å². The molecule has 0 aliphatic carbocycles. The SMILES string of the molecule is CC(c1cccc([N+](=O)[O-])c1)N(C)C(=O)Cc1csc(-c2ccc(C(F)(F)F)cc2)n1. The minimum atomic E-state index is -4.40. The van der Waals surface area contributed by atoms with Gasteiger partial charge in [0.15, 0.2) is 0 Å². The van der Waals surface area contributed by atoms with Crippen molar-refractivity contribution in [3.63, 3.8) is 0 Å². The van der Waals surface area contributed by atoms with E-state index in [0.29, 0.717) is 21.8 Å². The van der Waals surface area contributed by atoms with E-state index in [4.69, 9.17) is 0 Å². The Hall–Kier alpha value is -3.27. The molecule has 1 atom stereocenters. The molecule has 3 aromatic rings. The van der Waals surface area contributed by atoms with Crippen LogP contribution in [-0.2, 0) is 17.4 Å². The monoisotopic (exact) mass is 449 g/mol. The second kappa shape index (κ2) is 8.84. The van der Waals surface area contributed by atoms with Crippen molar-refractivity contribution in [2.75, 3.05) is 7.05 Å². The predicted octanol–water partition coefficient (Wildman–Crippen LogP) is 5.50. The van der Waals surface area contributed by atoms with Crippen LogP contribution in [0.3, 0.4) is 0 Å². The first-order valence-corrected chi connectivity index (χ1v) is 10.1. The first kappa shape index (κ1) is 22.4. The third-order valence-electron chi connectivity index (χ3n) is 4.88. The molecular formula is C21H18F3N3O3S. The molecule has 0 fully saturated rings. The molecule has 3 rings (SSSR count). The molecule has 162 valence electrons. The highest BCUT2D eigenvalue weighted by atomic mass is 32.1. The fraction of sp³-hybridized carbons (Fsp3) is 0.238. The lowest BCUT2D eigenvalue weighted by molar-refractivity contribution is -0.384. The van der Waals surface area contributed by atoms with E-state index in [-0.39, 0.29) is 24.1 Å². The van der Waals surface area contributed by atoms with Crippen LogP contribution in [0.25, 0.3) is 10.6 Å². The van der Waals surface area contributed by atoms with Crippen molar-refractivity contribution >= 4 is 22.9 Å². The standard InChI is InChI=1S/C21H18F3N3O3S/c1-13(15-4-3-5-18(10-15)27(29)30)26(2)19(28)11-17-12-31-20(25-17)14-6-8-16(9-7-14)21(22,23)24/h3-10,12-13H,11H2,1-2H3. The lowest BCUT2D eigenvalue weighted by Crippen LogP contribution is -2.31. The Balaban J connectivity index is 1.69. The van der Waals surface area contributed by atoms with E-state index in [0.717, 1.165) is 12.1 Å². The molecule has 0 aliphatic rings. The smallest absolute Gasteiger partial charge is 0.339 e. The van der Waals surface area contributed by atoms with Gasteiger partial charge in [0, 0.05) is 30.1 Å². The molecule has 0 saturated heterocycles. The molecule has 2 aromatic carbocycles. The number of rotatable bonds is 6. The van der Waals surface area contributed by atoms with Gasteiger partial charge in [0.2, 0.25) is 5.91 Å². The van der Waals surface area contributed by atoms with E-state index in [2.05, 4.69) is 4.98 Å². The number of hydrogen-bond acceptors (Lipinski definition) is 5. The number of amides is 1. The third kappa shape index (κ3) is 5.26. The number of nitrogens with zero attached hydrogens (tertiary/aromatic N) is 3. The maximum atomic E-state index is 12.7. The van der Waals surface area contributed by atoms with Crippen LogP contribution in [-0.4, -0.2) is 27.8 Å². The average Bonchev–Trinajstić information content (AvgIpc) is 3.20. The molecule has 0 aliphatic heterocycles. The van der Waals surface area contributed by atoms with E-state index in [1.807, 2.05) is 0 Å². The first-order chi connectivity index (χ1) is 14.6. The van der Waals surface area contributed by atoms with Gasteiger partial charge in [0.05, 0.1) is 28.6 Å². The third-order valence-corrected chi connectivity index (χ3v) is 5.82. The maximum absolute atomic E-state index is 12.7. The lowest BCUT2D eigenvalue weighted by atomic mass is 10.1. The first-order valence-electron chi connectivity index (χ1n) is 9.18. The molecule has 0 bridgehead atoms. The molecule has 1 heterocycles. The molecule has 31 heavy (non-hydrogen) atoms. The quantitative estimate of drug-likeness (QED) is 0.368. The van der Waals surface area contributed by atoms with E-state index in [1.54, 1.807) is 31.5 Å². The molecular weight excluding hydrogens is 431 g/mol. The minimum absolute atomic E-state index is 0.00685. The van der Waals surface area contributed by atoms with Gasteiger partial charge >= 0.3 is 6.18 Å². The number of nitro groups is 1. The summed E-state index contributed by atoms with van der Waals surface area (Å²) in [4.78, 5) is 29.0. The highest BCUT2D eigenvalue weighted by Crippen LogP contribution is 2.32. The van der Waals surface area contributed by atoms with Crippen molar-refractivity contribution in [2.45, 2.75) is 25.6 Å². The Labute approximate surface area is 180 Å². The number of non-ortho nitro benzene ring substituents is 1. The van der Waals surface area contributed by atoms with E-state index >= 15 is 0 Å². The van der Waals surface area contributed by atoms with Gasteiger partial charge in [-0.3, -0.25) is 14.9 Å². The van der Waals surface area contributed by atoms with Gasteiger partial charge in [-0.15, -0.1) is 11.3 Å². The number of carbonyl (C=O) groups excluding carboxylic acids is 1. The minimum Gasteiger partial charge on any atom is -0.339 e. The lowest BCUT2D eigenvalue weighted by Gasteiger charge is -2.25. The number of nitro benzene ring substituents is 1. The maximum Gasteiger partial charge on any atom is 0.416 e. The Bertz CT molecular complexity index is 1100. The van der Waals surface area contributed by atoms with E-state index < -0.39 is 16.7 Å². The summed E-state index contributed by atoms with van der Waals surface area (Å²) in [5.41, 5.74) is 0.887. The zero-order chi connectivity index (χ0) is 22.8. The fourth-order valence-corrected chi connectivity index (χ4v) is 3.77. The van der Waals surface area contributed by atoms with Gasteiger partial charge in [-0.05, 0) is 24.6 Å². The second-order valence-corrected chi connectivity index (χ2v) is 7.79. The molecule has 1 amide bonds. The zero-order valence-corrected chi connectivity index (χ0v) is 17.4. The van der Waals surface area contributed by atoms with Gasteiger partial charge in [-0.2, -0.15) is 13.2 Å². The number of thiazole rings is 1. The molecule has 0 spiro atoms. The van der Waals surface area contributed by atoms with Crippen LogP contribution in [0.5, 0.6) is 0 Å². The summed E-state index contributed by atoms with van der Waals surface area (Å²) in [6, 6.07) is 10.4. The molecule has 6 nitrogen and oxygen atoms in total. The highest BCUT2D eigenvalue weighted by Gasteiger charge is 2.30. The topological polar surface area (TPSA) is 76.3 Å². The summed E-state index contributed by atoms with van der Waals surface area (Å²) in [5.74, 6) is -0.233. The number of benzene rings is 2. The summed E-state index contributed by atoms with van der Waals surface area (Å²) in [6.45, 7) is 1.77. The van der Waals surface area contributed by atoms with Crippen molar-refractivity contribution in [2.24, 2.45) is 0 Å². The summed E-state index contributed by atoms with van der Waals surface area (Å²) >= 11 is 1.24. The van der Waals surface area contributed by atoms with Crippen LogP contribution >= 0.6 is 11.3 Å². The number of likely N-dealkylation sites (N-methyl/N-ethyl adjacent to an activating group) is 1. The van der Waals surface area contributed by atoms with E-state index in [9.17, 15) is 28.1 Å². The number of hydrogen-bond donors (Lipinski definition) is 0. The van der Waals surface area contributed by atoms with E-state index in [1.165, 1.54) is 40.5 Å². The second-order valence-electron chi connectivity index (χ2n) is 6.93. The Morgan fingerprint density at radius 1 is 1.23 bits per heavy atom. The Morgan fingerprint density at radius 3 is 2.52 bits per heavy atom. The van der Waals surface area contributed by atoms with Crippen molar-refractivity contribution in [3.05, 3.63) is 80.8 Å².